The summed E-state index contributed by atoms with van der Waals surface area (Å²) in [6, 6.07) is 19.3. The Balaban J connectivity index is 1.66. The monoisotopic (exact) mass is 424 g/mol. The Morgan fingerprint density at radius 2 is 1.73 bits per heavy atom. The quantitative estimate of drug-likeness (QED) is 0.443. The number of nitrogens with zero attached hydrogens (tertiary/aromatic N) is 4. The number of hydrogen-bond donors (Lipinski definition) is 0. The summed E-state index contributed by atoms with van der Waals surface area (Å²) in [6.45, 7) is 5.52. The molecule has 158 valence electrons. The number of carbonyl (C=O) groups is 1. The Kier molecular flexibility index (Phi) is 7.90. The highest BCUT2D eigenvalue weighted by Crippen LogP contribution is 2.21. The van der Waals surface area contributed by atoms with Crippen LogP contribution in [0, 0.1) is 5.92 Å². The lowest BCUT2D eigenvalue weighted by Gasteiger charge is -2.17. The molecular formula is C23H28N4O2S. The molecule has 0 spiro atoms. The highest BCUT2D eigenvalue weighted by molar-refractivity contribution is 7.99. The van der Waals surface area contributed by atoms with Crippen LogP contribution in [0.1, 0.15) is 26.1 Å². The minimum atomic E-state index is 0.0201. The molecule has 0 saturated heterocycles. The summed E-state index contributed by atoms with van der Waals surface area (Å²) >= 11 is 1.41. The number of carbonyl (C=O) groups excluding carboxylic acids is 1. The van der Waals surface area contributed by atoms with Crippen LogP contribution >= 0.6 is 11.8 Å². The normalized spacial score (nSPS) is 10.9. The number of amides is 1. The van der Waals surface area contributed by atoms with Gasteiger partial charge in [-0.2, -0.15) is 0 Å². The smallest absolute Gasteiger partial charge is 0.237 e. The average Bonchev–Trinajstić information content (AvgIpc) is 3.17. The van der Waals surface area contributed by atoms with Crippen molar-refractivity contribution in [2.75, 3.05) is 17.7 Å². The van der Waals surface area contributed by atoms with Crippen LogP contribution in [0.15, 0.2) is 65.8 Å². The van der Waals surface area contributed by atoms with E-state index in [0.717, 1.165) is 35.4 Å². The third-order valence-corrected chi connectivity index (χ3v) is 5.63. The lowest BCUT2D eigenvalue weighted by atomic mass is 10.1. The minimum Gasteiger partial charge on any atom is -0.486 e. The topological polar surface area (TPSA) is 60.2 Å². The van der Waals surface area contributed by atoms with Crippen LogP contribution in [0.5, 0.6) is 5.75 Å². The number of anilines is 1. The van der Waals surface area contributed by atoms with Gasteiger partial charge >= 0.3 is 0 Å². The van der Waals surface area contributed by atoms with Crippen molar-refractivity contribution < 1.29 is 9.53 Å². The third-order valence-electron chi connectivity index (χ3n) is 4.68. The lowest BCUT2D eigenvalue weighted by molar-refractivity contribution is -0.115. The van der Waals surface area contributed by atoms with Gasteiger partial charge in [-0.05, 0) is 36.6 Å². The molecule has 0 atom stereocenters. The summed E-state index contributed by atoms with van der Waals surface area (Å²) in [6.07, 6.45) is 1.00. The molecule has 0 aliphatic heterocycles. The van der Waals surface area contributed by atoms with E-state index in [1.54, 1.807) is 11.9 Å². The SMILES string of the molecule is CC(C)CCn1c(COc2ccccc2)nnc1SCC(=O)N(C)c1ccccc1. The summed E-state index contributed by atoms with van der Waals surface area (Å²) in [5, 5.41) is 9.42. The van der Waals surface area contributed by atoms with Gasteiger partial charge in [0.05, 0.1) is 5.75 Å². The fourth-order valence-electron chi connectivity index (χ4n) is 2.83. The van der Waals surface area contributed by atoms with Crippen molar-refractivity contribution in [2.45, 2.75) is 38.6 Å². The molecule has 30 heavy (non-hydrogen) atoms. The van der Waals surface area contributed by atoms with Gasteiger partial charge in [-0.15, -0.1) is 10.2 Å². The van der Waals surface area contributed by atoms with Crippen molar-refractivity contribution in [1.29, 1.82) is 0 Å². The Morgan fingerprint density at radius 3 is 2.40 bits per heavy atom. The zero-order valence-electron chi connectivity index (χ0n) is 17.7. The highest BCUT2D eigenvalue weighted by Gasteiger charge is 2.17. The summed E-state index contributed by atoms with van der Waals surface area (Å²) in [4.78, 5) is 14.3. The maximum atomic E-state index is 12.6. The number of aromatic nitrogens is 3. The van der Waals surface area contributed by atoms with E-state index in [0.29, 0.717) is 18.3 Å². The fraction of sp³-hybridized carbons (Fsp3) is 0.348. The van der Waals surface area contributed by atoms with Crippen LogP contribution in [0.4, 0.5) is 5.69 Å². The first-order valence-electron chi connectivity index (χ1n) is 10.1. The second-order valence-electron chi connectivity index (χ2n) is 7.41. The molecule has 0 saturated carbocycles. The molecule has 0 N–H and O–H groups in total. The van der Waals surface area contributed by atoms with Crippen molar-refractivity contribution >= 4 is 23.4 Å². The number of thioether (sulfide) groups is 1. The van der Waals surface area contributed by atoms with Gasteiger partial charge in [-0.3, -0.25) is 4.79 Å². The molecule has 1 heterocycles. The van der Waals surface area contributed by atoms with E-state index in [-0.39, 0.29) is 5.91 Å². The number of ether oxygens (including phenoxy) is 1. The first-order chi connectivity index (χ1) is 14.5. The fourth-order valence-corrected chi connectivity index (χ4v) is 3.73. The molecular weight excluding hydrogens is 396 g/mol. The Hall–Kier alpha value is -2.80. The third kappa shape index (κ3) is 6.10. The molecule has 1 amide bonds. The molecule has 0 aliphatic rings. The standard InChI is InChI=1S/C23H28N4O2S/c1-18(2)14-15-27-21(16-29-20-12-8-5-9-13-20)24-25-23(27)30-17-22(28)26(3)19-10-6-4-7-11-19/h4-13,18H,14-17H2,1-3H3. The second-order valence-corrected chi connectivity index (χ2v) is 8.35. The van der Waals surface area contributed by atoms with Crippen LogP contribution in [0.3, 0.4) is 0 Å². The Labute approximate surface area is 182 Å². The summed E-state index contributed by atoms with van der Waals surface area (Å²) in [5.41, 5.74) is 0.876. The van der Waals surface area contributed by atoms with Crippen LogP contribution in [0.2, 0.25) is 0 Å². The summed E-state index contributed by atoms with van der Waals surface area (Å²) < 4.78 is 7.94. The predicted octanol–water partition coefficient (Wildman–Crippen LogP) is 4.66. The van der Waals surface area contributed by atoms with E-state index >= 15 is 0 Å². The van der Waals surface area contributed by atoms with Gasteiger partial charge in [0.15, 0.2) is 11.0 Å². The van der Waals surface area contributed by atoms with Gasteiger partial charge in [0.25, 0.3) is 0 Å². The lowest BCUT2D eigenvalue weighted by Crippen LogP contribution is -2.28. The number of para-hydroxylation sites is 2. The number of rotatable bonds is 10. The van der Waals surface area contributed by atoms with E-state index in [1.165, 1.54) is 11.8 Å². The molecule has 0 radical (unpaired) electrons. The molecule has 0 fully saturated rings. The Morgan fingerprint density at radius 1 is 1.07 bits per heavy atom. The predicted molar refractivity (Wildman–Crippen MR) is 121 cm³/mol. The molecule has 1 aromatic heterocycles. The largest absolute Gasteiger partial charge is 0.486 e. The zero-order chi connectivity index (χ0) is 21.3. The van der Waals surface area contributed by atoms with E-state index in [9.17, 15) is 4.79 Å². The van der Waals surface area contributed by atoms with Crippen molar-refractivity contribution in [3.8, 4) is 5.75 Å². The minimum absolute atomic E-state index is 0.0201. The molecule has 0 unspecified atom stereocenters. The van der Waals surface area contributed by atoms with Crippen LogP contribution in [0.25, 0.3) is 0 Å². The molecule has 2 aromatic carbocycles. The van der Waals surface area contributed by atoms with Crippen molar-refractivity contribution in [3.05, 3.63) is 66.5 Å². The van der Waals surface area contributed by atoms with E-state index in [2.05, 4.69) is 28.6 Å². The second kappa shape index (κ2) is 10.8. The van der Waals surface area contributed by atoms with E-state index in [1.807, 2.05) is 60.7 Å². The van der Waals surface area contributed by atoms with Crippen LogP contribution in [-0.2, 0) is 17.9 Å². The van der Waals surface area contributed by atoms with E-state index < -0.39 is 0 Å². The van der Waals surface area contributed by atoms with Crippen molar-refractivity contribution in [3.63, 3.8) is 0 Å². The number of benzene rings is 2. The van der Waals surface area contributed by atoms with Gasteiger partial charge in [0.2, 0.25) is 5.91 Å². The van der Waals surface area contributed by atoms with Gasteiger partial charge in [0.1, 0.15) is 12.4 Å². The van der Waals surface area contributed by atoms with Gasteiger partial charge in [-0.1, -0.05) is 62.0 Å². The van der Waals surface area contributed by atoms with E-state index in [4.69, 9.17) is 4.74 Å². The molecule has 6 nitrogen and oxygen atoms in total. The molecule has 0 bridgehead atoms. The molecule has 3 aromatic rings. The van der Waals surface area contributed by atoms with Gasteiger partial charge in [-0.25, -0.2) is 0 Å². The molecule has 3 rings (SSSR count). The number of hydrogen-bond acceptors (Lipinski definition) is 5. The first kappa shape index (κ1) is 21.9. The Bertz CT molecular complexity index is 929. The maximum Gasteiger partial charge on any atom is 0.237 e. The van der Waals surface area contributed by atoms with Crippen LogP contribution in [-0.4, -0.2) is 33.5 Å². The van der Waals surface area contributed by atoms with Crippen LogP contribution < -0.4 is 9.64 Å². The van der Waals surface area contributed by atoms with Gasteiger partial charge in [0, 0.05) is 19.3 Å². The highest BCUT2D eigenvalue weighted by atomic mass is 32.2. The summed E-state index contributed by atoms with van der Waals surface area (Å²) in [7, 11) is 1.79. The summed E-state index contributed by atoms with van der Waals surface area (Å²) in [5.74, 6) is 2.44. The zero-order valence-corrected chi connectivity index (χ0v) is 18.5. The maximum absolute atomic E-state index is 12.6. The van der Waals surface area contributed by atoms with Crippen molar-refractivity contribution in [1.82, 2.24) is 14.8 Å². The first-order valence-corrected chi connectivity index (χ1v) is 11.1. The molecule has 7 heteroatoms. The molecule has 0 aliphatic carbocycles. The average molecular weight is 425 g/mol. The van der Waals surface area contributed by atoms with Crippen molar-refractivity contribution in [2.24, 2.45) is 5.92 Å². The van der Waals surface area contributed by atoms with Gasteiger partial charge < -0.3 is 14.2 Å².